The molecule has 0 saturated heterocycles. The van der Waals surface area contributed by atoms with Crippen molar-refractivity contribution >= 4 is 5.84 Å². The normalized spacial score (nSPS) is 12.6. The fraction of sp³-hybridized carbons (Fsp3) is 0.444. The SMILES string of the molecule is CC(C)(C)Oc1nccnc1C(N)=NO. The molecule has 1 rings (SSSR count). The minimum atomic E-state index is -0.416. The summed E-state index contributed by atoms with van der Waals surface area (Å²) in [6.07, 6.45) is 2.93. The summed E-state index contributed by atoms with van der Waals surface area (Å²) in [5.74, 6) is 0.127. The van der Waals surface area contributed by atoms with Crippen LogP contribution in [0.1, 0.15) is 26.5 Å². The molecule has 0 aromatic carbocycles. The number of hydrogen-bond donors (Lipinski definition) is 2. The number of hydrogen-bond acceptors (Lipinski definition) is 5. The van der Waals surface area contributed by atoms with Gasteiger partial charge in [0, 0.05) is 12.4 Å². The van der Waals surface area contributed by atoms with Gasteiger partial charge in [-0.1, -0.05) is 5.16 Å². The number of aromatic nitrogens is 2. The van der Waals surface area contributed by atoms with Gasteiger partial charge in [-0.2, -0.15) is 0 Å². The summed E-state index contributed by atoms with van der Waals surface area (Å²) < 4.78 is 5.51. The van der Waals surface area contributed by atoms with Gasteiger partial charge in [-0.05, 0) is 20.8 Å². The fourth-order valence-electron chi connectivity index (χ4n) is 0.913. The van der Waals surface area contributed by atoms with Gasteiger partial charge in [0.25, 0.3) is 0 Å². The summed E-state index contributed by atoms with van der Waals surface area (Å²) in [4.78, 5) is 7.91. The third kappa shape index (κ3) is 3.08. The summed E-state index contributed by atoms with van der Waals surface area (Å²) in [7, 11) is 0. The Balaban J connectivity index is 3.07. The molecule has 0 unspecified atom stereocenters. The Hall–Kier alpha value is -1.85. The Morgan fingerprint density at radius 2 is 2.00 bits per heavy atom. The van der Waals surface area contributed by atoms with Gasteiger partial charge in [0.15, 0.2) is 11.5 Å². The van der Waals surface area contributed by atoms with Crippen LogP contribution in [-0.4, -0.2) is 26.6 Å². The zero-order valence-electron chi connectivity index (χ0n) is 8.93. The van der Waals surface area contributed by atoms with Gasteiger partial charge in [-0.15, -0.1) is 0 Å². The second-order valence-electron chi connectivity index (χ2n) is 3.91. The molecule has 6 nitrogen and oxygen atoms in total. The van der Waals surface area contributed by atoms with Crippen LogP contribution in [0, 0.1) is 0 Å². The minimum Gasteiger partial charge on any atom is -0.470 e. The Morgan fingerprint density at radius 3 is 2.53 bits per heavy atom. The average Bonchev–Trinajstić information content (AvgIpc) is 2.15. The number of oxime groups is 1. The van der Waals surface area contributed by atoms with Crippen LogP contribution in [-0.2, 0) is 0 Å². The topological polar surface area (TPSA) is 93.6 Å². The highest BCUT2D eigenvalue weighted by atomic mass is 16.5. The molecule has 0 saturated carbocycles. The van der Waals surface area contributed by atoms with E-state index in [0.717, 1.165) is 0 Å². The highest BCUT2D eigenvalue weighted by molar-refractivity contribution is 5.97. The highest BCUT2D eigenvalue weighted by Crippen LogP contribution is 2.17. The van der Waals surface area contributed by atoms with Crippen LogP contribution >= 0.6 is 0 Å². The molecule has 0 aliphatic carbocycles. The monoisotopic (exact) mass is 210 g/mol. The van der Waals surface area contributed by atoms with E-state index in [9.17, 15) is 0 Å². The summed E-state index contributed by atoms with van der Waals surface area (Å²) in [5.41, 5.74) is 5.25. The predicted octanol–water partition coefficient (Wildman–Crippen LogP) is 0.748. The number of nitrogens with zero attached hydrogens (tertiary/aromatic N) is 3. The summed E-state index contributed by atoms with van der Waals surface area (Å²) in [6.45, 7) is 5.62. The molecule has 1 aromatic rings. The molecule has 0 radical (unpaired) electrons. The molecule has 3 N–H and O–H groups in total. The molecule has 0 spiro atoms. The smallest absolute Gasteiger partial charge is 0.244 e. The van der Waals surface area contributed by atoms with Gasteiger partial charge >= 0.3 is 0 Å². The number of ether oxygens (including phenoxy) is 1. The zero-order valence-corrected chi connectivity index (χ0v) is 8.93. The third-order valence-corrected chi connectivity index (χ3v) is 1.42. The fourth-order valence-corrected chi connectivity index (χ4v) is 0.913. The van der Waals surface area contributed by atoms with E-state index in [4.69, 9.17) is 15.7 Å². The van der Waals surface area contributed by atoms with Gasteiger partial charge in [-0.3, -0.25) is 0 Å². The van der Waals surface area contributed by atoms with Crippen LogP contribution in [0.3, 0.4) is 0 Å². The molecule has 0 bridgehead atoms. The number of rotatable bonds is 2. The van der Waals surface area contributed by atoms with E-state index in [2.05, 4.69) is 15.1 Å². The van der Waals surface area contributed by atoms with E-state index >= 15 is 0 Å². The Kier molecular flexibility index (Phi) is 3.08. The molecule has 0 amide bonds. The maximum absolute atomic E-state index is 8.55. The standard InChI is InChI=1S/C9H14N4O2/c1-9(2,3)15-8-6(7(10)13-14)11-4-5-12-8/h4-5,14H,1-3H3,(H2,10,13). The first-order chi connectivity index (χ1) is 6.94. The van der Waals surface area contributed by atoms with E-state index < -0.39 is 5.60 Å². The van der Waals surface area contributed by atoms with Crippen LogP contribution in [0.2, 0.25) is 0 Å². The molecular formula is C9H14N4O2. The molecular weight excluding hydrogens is 196 g/mol. The molecule has 82 valence electrons. The van der Waals surface area contributed by atoms with Crippen LogP contribution in [0.15, 0.2) is 17.5 Å². The van der Waals surface area contributed by atoms with Gasteiger partial charge in [0.2, 0.25) is 5.88 Å². The zero-order chi connectivity index (χ0) is 11.5. The Morgan fingerprint density at radius 1 is 1.40 bits per heavy atom. The lowest BCUT2D eigenvalue weighted by Gasteiger charge is -2.21. The van der Waals surface area contributed by atoms with E-state index in [-0.39, 0.29) is 17.4 Å². The maximum atomic E-state index is 8.55. The van der Waals surface area contributed by atoms with Crippen molar-refractivity contribution in [2.24, 2.45) is 10.9 Å². The molecule has 0 aliphatic rings. The first-order valence-corrected chi connectivity index (χ1v) is 4.42. The van der Waals surface area contributed by atoms with E-state index in [0.29, 0.717) is 0 Å². The predicted molar refractivity (Wildman–Crippen MR) is 54.9 cm³/mol. The first kappa shape index (κ1) is 11.2. The molecule has 1 aromatic heterocycles. The Bertz CT molecular complexity index is 371. The van der Waals surface area contributed by atoms with Crippen LogP contribution in [0.4, 0.5) is 0 Å². The largest absolute Gasteiger partial charge is 0.470 e. The van der Waals surface area contributed by atoms with Crippen molar-refractivity contribution in [3.05, 3.63) is 18.1 Å². The summed E-state index contributed by atoms with van der Waals surface area (Å²) in [5, 5.41) is 11.4. The van der Waals surface area contributed by atoms with Crippen molar-refractivity contribution in [3.8, 4) is 5.88 Å². The first-order valence-electron chi connectivity index (χ1n) is 4.42. The lowest BCUT2D eigenvalue weighted by atomic mass is 10.2. The van der Waals surface area contributed by atoms with E-state index in [1.54, 1.807) is 0 Å². The summed E-state index contributed by atoms with van der Waals surface area (Å²) in [6, 6.07) is 0. The van der Waals surface area contributed by atoms with Crippen LogP contribution in [0.25, 0.3) is 0 Å². The quantitative estimate of drug-likeness (QED) is 0.325. The molecule has 0 atom stereocenters. The average molecular weight is 210 g/mol. The van der Waals surface area contributed by atoms with Crippen molar-refractivity contribution in [2.45, 2.75) is 26.4 Å². The molecule has 15 heavy (non-hydrogen) atoms. The molecule has 6 heteroatoms. The van der Waals surface area contributed by atoms with Crippen molar-refractivity contribution in [2.75, 3.05) is 0 Å². The van der Waals surface area contributed by atoms with Crippen molar-refractivity contribution in [3.63, 3.8) is 0 Å². The lowest BCUT2D eigenvalue weighted by Crippen LogP contribution is -2.26. The number of nitrogens with two attached hydrogens (primary N) is 1. The van der Waals surface area contributed by atoms with Gasteiger partial charge in [0.1, 0.15) is 5.60 Å². The maximum Gasteiger partial charge on any atom is 0.244 e. The van der Waals surface area contributed by atoms with Crippen molar-refractivity contribution < 1.29 is 9.94 Å². The highest BCUT2D eigenvalue weighted by Gasteiger charge is 2.18. The minimum absolute atomic E-state index is 0.123. The second-order valence-corrected chi connectivity index (χ2v) is 3.91. The lowest BCUT2D eigenvalue weighted by molar-refractivity contribution is 0.123. The third-order valence-electron chi connectivity index (χ3n) is 1.42. The van der Waals surface area contributed by atoms with Gasteiger partial charge < -0.3 is 15.7 Å². The molecule has 1 heterocycles. The van der Waals surface area contributed by atoms with Crippen molar-refractivity contribution in [1.82, 2.24) is 9.97 Å². The van der Waals surface area contributed by atoms with Gasteiger partial charge in [-0.25, -0.2) is 9.97 Å². The summed E-state index contributed by atoms with van der Waals surface area (Å²) >= 11 is 0. The molecule has 0 aliphatic heterocycles. The number of amidine groups is 1. The molecule has 0 fully saturated rings. The second kappa shape index (κ2) is 4.12. The Labute approximate surface area is 87.8 Å². The van der Waals surface area contributed by atoms with Gasteiger partial charge in [0.05, 0.1) is 0 Å². The van der Waals surface area contributed by atoms with Crippen LogP contribution in [0.5, 0.6) is 5.88 Å². The van der Waals surface area contributed by atoms with E-state index in [1.807, 2.05) is 20.8 Å². The van der Waals surface area contributed by atoms with E-state index in [1.165, 1.54) is 12.4 Å². The van der Waals surface area contributed by atoms with Crippen molar-refractivity contribution in [1.29, 1.82) is 0 Å². The van der Waals surface area contributed by atoms with Crippen LogP contribution < -0.4 is 10.5 Å².